The number of nitrogens with one attached hydrogen (secondary N) is 1. The molecule has 0 bridgehead atoms. The van der Waals surface area contributed by atoms with Gasteiger partial charge in [-0.2, -0.15) is 0 Å². The first-order chi connectivity index (χ1) is 19.5. The lowest BCUT2D eigenvalue weighted by atomic mass is 9.84. The van der Waals surface area contributed by atoms with Crippen molar-refractivity contribution >= 4 is 18.0 Å². The number of aromatic nitrogens is 1. The molecular weight excluding hydrogens is 532 g/mol. The summed E-state index contributed by atoms with van der Waals surface area (Å²) in [5.74, 6) is -1.46. The molecule has 0 saturated heterocycles. The molecule has 2 N–H and O–H groups in total. The SMILES string of the molecule is Cc1ccc(-c2c(CC(=O)OCc3ccc(C(=O)O)cc3)c(C)nc(CC(C)(C)C)c2CNC(=O)OC(C)(C)C)cc1. The summed E-state index contributed by atoms with van der Waals surface area (Å²) >= 11 is 0. The fourth-order valence-corrected chi connectivity index (χ4v) is 4.55. The molecule has 3 rings (SSSR count). The van der Waals surface area contributed by atoms with Crippen LogP contribution in [0.25, 0.3) is 11.1 Å². The molecule has 224 valence electrons. The van der Waals surface area contributed by atoms with Crippen molar-refractivity contribution in [3.63, 3.8) is 0 Å². The number of esters is 1. The van der Waals surface area contributed by atoms with Gasteiger partial charge in [-0.3, -0.25) is 9.78 Å². The van der Waals surface area contributed by atoms with Crippen molar-refractivity contribution in [1.29, 1.82) is 0 Å². The highest BCUT2D eigenvalue weighted by Gasteiger charge is 2.25. The number of pyridine rings is 1. The number of carbonyl (C=O) groups is 3. The number of rotatable bonds is 9. The van der Waals surface area contributed by atoms with Gasteiger partial charge in [-0.05, 0) is 80.8 Å². The maximum atomic E-state index is 13.2. The van der Waals surface area contributed by atoms with E-state index in [1.807, 2.05) is 58.9 Å². The van der Waals surface area contributed by atoms with E-state index >= 15 is 0 Å². The average Bonchev–Trinajstić information content (AvgIpc) is 2.87. The van der Waals surface area contributed by atoms with Crippen LogP contribution in [-0.4, -0.2) is 33.7 Å². The van der Waals surface area contributed by atoms with Crippen molar-refractivity contribution < 1.29 is 29.0 Å². The van der Waals surface area contributed by atoms with Crippen molar-refractivity contribution in [1.82, 2.24) is 10.3 Å². The molecule has 0 aliphatic carbocycles. The molecule has 1 heterocycles. The van der Waals surface area contributed by atoms with Gasteiger partial charge in [0, 0.05) is 23.5 Å². The number of carboxylic acid groups (broad SMARTS) is 1. The van der Waals surface area contributed by atoms with Crippen LogP contribution in [0.15, 0.2) is 48.5 Å². The number of carbonyl (C=O) groups excluding carboxylic acids is 2. The summed E-state index contributed by atoms with van der Waals surface area (Å²) in [6.07, 6.45) is 0.106. The first kappa shape index (κ1) is 32.3. The summed E-state index contributed by atoms with van der Waals surface area (Å²) in [6.45, 7) is 15.9. The Bertz CT molecular complexity index is 1430. The van der Waals surface area contributed by atoms with E-state index in [2.05, 4.69) is 26.1 Å². The highest BCUT2D eigenvalue weighted by Crippen LogP contribution is 2.35. The Kier molecular flexibility index (Phi) is 10.1. The molecule has 0 radical (unpaired) electrons. The Balaban J connectivity index is 2.02. The molecule has 8 heteroatoms. The zero-order valence-electron chi connectivity index (χ0n) is 25.9. The maximum absolute atomic E-state index is 13.2. The number of aryl methyl sites for hydroxylation is 2. The molecule has 0 spiro atoms. The van der Waals surface area contributed by atoms with Gasteiger partial charge < -0.3 is 19.9 Å². The fourth-order valence-electron chi connectivity index (χ4n) is 4.55. The third kappa shape index (κ3) is 9.43. The second kappa shape index (κ2) is 13.2. The van der Waals surface area contributed by atoms with Crippen LogP contribution >= 0.6 is 0 Å². The van der Waals surface area contributed by atoms with Crippen LogP contribution in [0.5, 0.6) is 0 Å². The first-order valence-electron chi connectivity index (χ1n) is 14.1. The zero-order valence-corrected chi connectivity index (χ0v) is 25.9. The molecule has 0 fully saturated rings. The second-order valence-corrected chi connectivity index (χ2v) is 12.8. The molecule has 2 aromatic carbocycles. The van der Waals surface area contributed by atoms with Gasteiger partial charge in [-0.25, -0.2) is 9.59 Å². The van der Waals surface area contributed by atoms with E-state index in [0.717, 1.165) is 33.5 Å². The third-order valence-corrected chi connectivity index (χ3v) is 6.46. The minimum Gasteiger partial charge on any atom is -0.478 e. The van der Waals surface area contributed by atoms with E-state index in [9.17, 15) is 14.4 Å². The quantitative estimate of drug-likeness (QED) is 0.265. The van der Waals surface area contributed by atoms with E-state index in [0.29, 0.717) is 17.7 Å². The predicted octanol–water partition coefficient (Wildman–Crippen LogP) is 6.96. The molecule has 3 aromatic rings. The molecule has 0 atom stereocenters. The van der Waals surface area contributed by atoms with E-state index < -0.39 is 23.6 Å². The number of ether oxygens (including phenoxy) is 2. The third-order valence-electron chi connectivity index (χ3n) is 6.46. The maximum Gasteiger partial charge on any atom is 0.407 e. The Morgan fingerprint density at radius 1 is 0.881 bits per heavy atom. The monoisotopic (exact) mass is 574 g/mol. The van der Waals surface area contributed by atoms with Crippen LogP contribution < -0.4 is 5.32 Å². The number of aromatic carboxylic acids is 1. The Hall–Kier alpha value is -4.20. The summed E-state index contributed by atoms with van der Waals surface area (Å²) in [6, 6.07) is 14.3. The van der Waals surface area contributed by atoms with Gasteiger partial charge in [0.2, 0.25) is 0 Å². The molecule has 0 unspecified atom stereocenters. The predicted molar refractivity (Wildman–Crippen MR) is 162 cm³/mol. The van der Waals surface area contributed by atoms with Crippen molar-refractivity contribution in [3.8, 4) is 11.1 Å². The number of carboxylic acids is 1. The van der Waals surface area contributed by atoms with E-state index in [-0.39, 0.29) is 30.6 Å². The first-order valence-corrected chi connectivity index (χ1v) is 14.1. The molecule has 42 heavy (non-hydrogen) atoms. The Labute approximate surface area is 248 Å². The normalized spacial score (nSPS) is 11.6. The fraction of sp³-hybridized carbons (Fsp3) is 0.412. The van der Waals surface area contributed by atoms with Gasteiger partial charge >= 0.3 is 18.0 Å². The number of alkyl carbamates (subject to hydrolysis) is 1. The number of hydrogen-bond acceptors (Lipinski definition) is 6. The highest BCUT2D eigenvalue weighted by molar-refractivity contribution is 5.87. The van der Waals surface area contributed by atoms with Crippen LogP contribution in [0, 0.1) is 19.3 Å². The molecule has 0 saturated carbocycles. The Morgan fingerprint density at radius 2 is 1.50 bits per heavy atom. The van der Waals surface area contributed by atoms with Gasteiger partial charge in [0.1, 0.15) is 12.2 Å². The van der Waals surface area contributed by atoms with Gasteiger partial charge in [0.05, 0.1) is 12.0 Å². The lowest BCUT2D eigenvalue weighted by Crippen LogP contribution is -2.33. The molecule has 1 amide bonds. The molecule has 0 aliphatic heterocycles. The molecule has 1 aromatic heterocycles. The average molecular weight is 575 g/mol. The number of nitrogens with zero attached hydrogens (tertiary/aromatic N) is 1. The zero-order chi connectivity index (χ0) is 31.2. The van der Waals surface area contributed by atoms with Crippen LogP contribution in [0.3, 0.4) is 0 Å². The number of benzene rings is 2. The number of amides is 1. The number of hydrogen-bond donors (Lipinski definition) is 2. The lowest BCUT2D eigenvalue weighted by molar-refractivity contribution is -0.144. The van der Waals surface area contributed by atoms with Crippen LogP contribution in [0.4, 0.5) is 4.79 Å². The van der Waals surface area contributed by atoms with Gasteiger partial charge in [0.25, 0.3) is 0 Å². The van der Waals surface area contributed by atoms with Crippen molar-refractivity contribution in [2.45, 2.75) is 87.0 Å². The smallest absolute Gasteiger partial charge is 0.407 e. The van der Waals surface area contributed by atoms with Crippen LogP contribution in [0.2, 0.25) is 0 Å². The molecule has 8 nitrogen and oxygen atoms in total. The summed E-state index contributed by atoms with van der Waals surface area (Å²) in [7, 11) is 0. The van der Waals surface area contributed by atoms with E-state index in [4.69, 9.17) is 19.6 Å². The Morgan fingerprint density at radius 3 is 2.05 bits per heavy atom. The summed E-state index contributed by atoms with van der Waals surface area (Å²) in [4.78, 5) is 41.9. The molecular formula is C34H42N2O6. The highest BCUT2D eigenvalue weighted by atomic mass is 16.6. The minimum atomic E-state index is -1.02. The topological polar surface area (TPSA) is 115 Å². The molecule has 0 aliphatic rings. The van der Waals surface area contributed by atoms with Gasteiger partial charge in [0.15, 0.2) is 0 Å². The van der Waals surface area contributed by atoms with Crippen LogP contribution in [0.1, 0.15) is 85.5 Å². The van der Waals surface area contributed by atoms with E-state index in [1.165, 1.54) is 12.1 Å². The standard InChI is InChI=1S/C34H42N2O6/c1-21-9-13-24(14-10-21)30-26(17-29(37)41-20-23-11-15-25(16-12-23)31(38)39)22(2)36-28(18-33(3,4)5)27(30)19-35-32(40)42-34(6,7)8/h9-16H,17-20H2,1-8H3,(H,35,40)(H,38,39). The van der Waals surface area contributed by atoms with Crippen molar-refractivity contribution in [2.24, 2.45) is 5.41 Å². The summed E-state index contributed by atoms with van der Waals surface area (Å²) in [5.41, 5.74) is 6.10. The minimum absolute atomic E-state index is 0.0141. The van der Waals surface area contributed by atoms with Crippen LogP contribution in [-0.2, 0) is 40.3 Å². The van der Waals surface area contributed by atoms with Gasteiger partial charge in [-0.15, -0.1) is 0 Å². The summed E-state index contributed by atoms with van der Waals surface area (Å²) in [5, 5.41) is 12.0. The van der Waals surface area contributed by atoms with Crippen molar-refractivity contribution in [3.05, 3.63) is 87.7 Å². The second-order valence-electron chi connectivity index (χ2n) is 12.8. The lowest BCUT2D eigenvalue weighted by Gasteiger charge is -2.25. The van der Waals surface area contributed by atoms with E-state index in [1.54, 1.807) is 12.1 Å². The van der Waals surface area contributed by atoms with Crippen molar-refractivity contribution in [2.75, 3.05) is 0 Å². The van der Waals surface area contributed by atoms with Gasteiger partial charge in [-0.1, -0.05) is 62.7 Å². The largest absolute Gasteiger partial charge is 0.478 e. The summed E-state index contributed by atoms with van der Waals surface area (Å²) < 4.78 is 11.1.